The molecule has 3 rings (SSSR count). The normalized spacial score (nSPS) is 13.4. The van der Waals surface area contributed by atoms with Crippen LogP contribution < -0.4 is 10.6 Å². The van der Waals surface area contributed by atoms with Gasteiger partial charge in [-0.25, -0.2) is 4.79 Å². The number of amides is 2. The Bertz CT molecular complexity index is 862. The first-order chi connectivity index (χ1) is 11.8. The lowest BCUT2D eigenvalue weighted by molar-refractivity contribution is 0.0638. The van der Waals surface area contributed by atoms with Gasteiger partial charge in [0, 0.05) is 15.3 Å². The Balaban J connectivity index is 1.65. The van der Waals surface area contributed by atoms with Gasteiger partial charge in [0.05, 0.1) is 6.54 Å². The molecule has 0 bridgehead atoms. The van der Waals surface area contributed by atoms with Crippen LogP contribution in [0.1, 0.15) is 22.9 Å². The second-order valence-corrected chi connectivity index (χ2v) is 7.69. The summed E-state index contributed by atoms with van der Waals surface area (Å²) in [6.45, 7) is 5.83. The van der Waals surface area contributed by atoms with Crippen molar-refractivity contribution in [3.63, 3.8) is 0 Å². The van der Waals surface area contributed by atoms with E-state index in [4.69, 9.17) is 0 Å². The van der Waals surface area contributed by atoms with Crippen LogP contribution in [0.25, 0.3) is 10.1 Å². The Morgan fingerprint density at radius 1 is 1.12 bits per heavy atom. The summed E-state index contributed by atoms with van der Waals surface area (Å²) in [6.07, 6.45) is 0. The number of aliphatic hydroxyl groups is 1. The number of thiophene rings is 1. The highest BCUT2D eigenvalue weighted by atomic mass is 32.1. The molecule has 25 heavy (non-hydrogen) atoms. The van der Waals surface area contributed by atoms with Crippen molar-refractivity contribution in [3.05, 3.63) is 64.5 Å². The summed E-state index contributed by atoms with van der Waals surface area (Å²) in [5, 5.41) is 17.4. The molecule has 5 heteroatoms. The molecule has 0 radical (unpaired) electrons. The van der Waals surface area contributed by atoms with Crippen molar-refractivity contribution < 1.29 is 9.90 Å². The highest BCUT2D eigenvalue weighted by Crippen LogP contribution is 2.32. The standard InChI is InChI=1S/C20H22N2O2S/c1-13-8-14(2)10-16(9-13)22-19(23)21-12-20(3,24)18-11-15-6-4-5-7-17(15)25-18/h4-11,24H,12H2,1-3H3,(H2,21,22,23). The lowest BCUT2D eigenvalue weighted by Gasteiger charge is -2.22. The molecule has 3 N–H and O–H groups in total. The Morgan fingerprint density at radius 2 is 1.80 bits per heavy atom. The van der Waals surface area contributed by atoms with Crippen molar-refractivity contribution in [2.45, 2.75) is 26.4 Å². The second-order valence-electron chi connectivity index (χ2n) is 6.61. The third-order valence-corrected chi connectivity index (χ3v) is 5.40. The van der Waals surface area contributed by atoms with E-state index >= 15 is 0 Å². The molecular weight excluding hydrogens is 332 g/mol. The smallest absolute Gasteiger partial charge is 0.319 e. The quantitative estimate of drug-likeness (QED) is 0.644. The minimum Gasteiger partial charge on any atom is -0.383 e. The van der Waals surface area contributed by atoms with Crippen LogP contribution in [0.3, 0.4) is 0 Å². The molecule has 2 amide bonds. The van der Waals surface area contributed by atoms with Gasteiger partial charge in [0.1, 0.15) is 5.60 Å². The number of benzene rings is 2. The predicted octanol–water partition coefficient (Wildman–Crippen LogP) is 4.55. The van der Waals surface area contributed by atoms with Crippen LogP contribution in [-0.4, -0.2) is 17.7 Å². The van der Waals surface area contributed by atoms with Crippen molar-refractivity contribution >= 4 is 33.1 Å². The molecule has 0 spiro atoms. The van der Waals surface area contributed by atoms with Crippen LogP contribution in [0, 0.1) is 13.8 Å². The first-order valence-electron chi connectivity index (χ1n) is 8.18. The molecule has 4 nitrogen and oxygen atoms in total. The first kappa shape index (κ1) is 17.5. The Kier molecular flexibility index (Phi) is 4.79. The zero-order valence-corrected chi connectivity index (χ0v) is 15.4. The van der Waals surface area contributed by atoms with Crippen LogP contribution in [0.2, 0.25) is 0 Å². The molecule has 3 aromatic rings. The van der Waals surface area contributed by atoms with E-state index in [9.17, 15) is 9.90 Å². The summed E-state index contributed by atoms with van der Waals surface area (Å²) in [6, 6.07) is 15.5. The van der Waals surface area contributed by atoms with Gasteiger partial charge in [0.25, 0.3) is 0 Å². The molecule has 1 aromatic heterocycles. The molecular formula is C20H22N2O2S. The van der Waals surface area contributed by atoms with E-state index in [1.807, 2.05) is 56.3 Å². The van der Waals surface area contributed by atoms with Gasteiger partial charge in [-0.2, -0.15) is 0 Å². The number of fused-ring (bicyclic) bond motifs is 1. The van der Waals surface area contributed by atoms with E-state index in [-0.39, 0.29) is 12.6 Å². The van der Waals surface area contributed by atoms with Crippen LogP contribution in [-0.2, 0) is 5.60 Å². The van der Waals surface area contributed by atoms with Crippen LogP contribution >= 0.6 is 11.3 Å². The molecule has 0 saturated heterocycles. The summed E-state index contributed by atoms with van der Waals surface area (Å²) in [7, 11) is 0. The molecule has 2 aromatic carbocycles. The van der Waals surface area contributed by atoms with E-state index in [1.54, 1.807) is 18.3 Å². The maximum atomic E-state index is 12.2. The molecule has 1 unspecified atom stereocenters. The number of anilines is 1. The Morgan fingerprint density at radius 3 is 2.48 bits per heavy atom. The van der Waals surface area contributed by atoms with Gasteiger partial charge in [-0.15, -0.1) is 11.3 Å². The molecule has 0 aliphatic heterocycles. The molecule has 0 fully saturated rings. The molecule has 130 valence electrons. The number of carbonyl (C=O) groups excluding carboxylic acids is 1. The average Bonchev–Trinajstić information content (AvgIpc) is 2.97. The highest BCUT2D eigenvalue weighted by molar-refractivity contribution is 7.19. The lowest BCUT2D eigenvalue weighted by atomic mass is 10.0. The maximum absolute atomic E-state index is 12.2. The number of aryl methyl sites for hydroxylation is 2. The fourth-order valence-corrected chi connectivity index (χ4v) is 3.92. The molecule has 0 saturated carbocycles. The van der Waals surface area contributed by atoms with Crippen molar-refractivity contribution in [2.75, 3.05) is 11.9 Å². The summed E-state index contributed by atoms with van der Waals surface area (Å²) < 4.78 is 1.12. The summed E-state index contributed by atoms with van der Waals surface area (Å²) in [5.41, 5.74) is 1.81. The lowest BCUT2D eigenvalue weighted by Crippen LogP contribution is -2.40. The summed E-state index contributed by atoms with van der Waals surface area (Å²) >= 11 is 1.54. The van der Waals surface area contributed by atoms with Crippen molar-refractivity contribution in [1.82, 2.24) is 5.32 Å². The SMILES string of the molecule is Cc1cc(C)cc(NC(=O)NCC(C)(O)c2cc3ccccc3s2)c1. The number of hydrogen-bond donors (Lipinski definition) is 3. The minimum atomic E-state index is -1.12. The van der Waals surface area contributed by atoms with E-state index in [1.165, 1.54) is 0 Å². The van der Waals surface area contributed by atoms with Gasteiger partial charge in [-0.05, 0) is 61.5 Å². The Hall–Kier alpha value is -2.37. The van der Waals surface area contributed by atoms with Gasteiger partial charge in [-0.1, -0.05) is 24.3 Å². The van der Waals surface area contributed by atoms with E-state index in [2.05, 4.69) is 16.7 Å². The van der Waals surface area contributed by atoms with Gasteiger partial charge < -0.3 is 15.7 Å². The number of carbonyl (C=O) groups is 1. The number of nitrogens with one attached hydrogen (secondary N) is 2. The molecule has 0 aliphatic rings. The highest BCUT2D eigenvalue weighted by Gasteiger charge is 2.26. The monoisotopic (exact) mass is 354 g/mol. The third kappa shape index (κ3) is 4.18. The zero-order valence-electron chi connectivity index (χ0n) is 14.6. The van der Waals surface area contributed by atoms with Crippen molar-refractivity contribution in [1.29, 1.82) is 0 Å². The van der Waals surface area contributed by atoms with E-state index in [0.29, 0.717) is 0 Å². The number of rotatable bonds is 4. The summed E-state index contributed by atoms with van der Waals surface area (Å²) in [4.78, 5) is 13.0. The minimum absolute atomic E-state index is 0.135. The largest absolute Gasteiger partial charge is 0.383 e. The van der Waals surface area contributed by atoms with Gasteiger partial charge in [-0.3, -0.25) is 0 Å². The topological polar surface area (TPSA) is 61.4 Å². The van der Waals surface area contributed by atoms with Gasteiger partial charge in [0.2, 0.25) is 0 Å². The number of hydrogen-bond acceptors (Lipinski definition) is 3. The van der Waals surface area contributed by atoms with E-state index in [0.717, 1.165) is 31.8 Å². The molecule has 1 heterocycles. The predicted molar refractivity (Wildman–Crippen MR) is 104 cm³/mol. The second kappa shape index (κ2) is 6.86. The first-order valence-corrected chi connectivity index (χ1v) is 9.00. The van der Waals surface area contributed by atoms with Crippen LogP contribution in [0.5, 0.6) is 0 Å². The fraction of sp³-hybridized carbons (Fsp3) is 0.250. The summed E-state index contributed by atoms with van der Waals surface area (Å²) in [5.74, 6) is 0. The zero-order chi connectivity index (χ0) is 18.0. The third-order valence-electron chi connectivity index (χ3n) is 4.03. The fourth-order valence-electron chi connectivity index (χ4n) is 2.81. The van der Waals surface area contributed by atoms with Crippen LogP contribution in [0.4, 0.5) is 10.5 Å². The van der Waals surface area contributed by atoms with Crippen LogP contribution in [0.15, 0.2) is 48.5 Å². The maximum Gasteiger partial charge on any atom is 0.319 e. The average molecular weight is 354 g/mol. The Labute approximate surface area is 151 Å². The molecule has 0 aliphatic carbocycles. The van der Waals surface area contributed by atoms with Gasteiger partial charge in [0.15, 0.2) is 0 Å². The van der Waals surface area contributed by atoms with Crippen molar-refractivity contribution in [2.24, 2.45) is 0 Å². The number of urea groups is 1. The molecule has 1 atom stereocenters. The van der Waals surface area contributed by atoms with Crippen molar-refractivity contribution in [3.8, 4) is 0 Å². The van der Waals surface area contributed by atoms with Gasteiger partial charge >= 0.3 is 6.03 Å². The van der Waals surface area contributed by atoms with E-state index < -0.39 is 5.60 Å².